The number of rotatable bonds is 7. The van der Waals surface area contributed by atoms with Crippen LogP contribution in [-0.4, -0.2) is 27.4 Å². The molecule has 5 rings (SSSR count). The average Bonchev–Trinajstić information content (AvgIpc) is 3.24. The fourth-order valence-corrected chi connectivity index (χ4v) is 27.4. The number of ketones is 1. The Balaban J connectivity index is 1.82. The van der Waals surface area contributed by atoms with Gasteiger partial charge in [-0.3, -0.25) is 0 Å². The molecule has 0 heterocycles. The Bertz CT molecular complexity index is 1110. The second-order valence-electron chi connectivity index (χ2n) is 9.22. The van der Waals surface area contributed by atoms with Crippen molar-refractivity contribution >= 4 is 46.7 Å². The maximum atomic E-state index is 12.9. The Morgan fingerprint density at radius 3 is 1.47 bits per heavy atom. The molecule has 0 aromatic heterocycles. The summed E-state index contributed by atoms with van der Waals surface area (Å²) in [7, 11) is 0. The van der Waals surface area contributed by atoms with Crippen LogP contribution in [0.2, 0.25) is 0 Å². The molecule has 3 heteroatoms. The van der Waals surface area contributed by atoms with E-state index in [1.54, 1.807) is 0 Å². The molecule has 4 aromatic carbocycles. The quantitative estimate of drug-likeness (QED) is 0.217. The minimum atomic E-state index is -3.66. The number of Topliss-reactive ketones (excluding diaryl/α,β-unsaturated/α-hetero) is 1. The Kier molecular flexibility index (Phi) is 7.26. The van der Waals surface area contributed by atoms with Crippen molar-refractivity contribution in [3.8, 4) is 0 Å². The van der Waals surface area contributed by atoms with Gasteiger partial charge in [-0.25, -0.2) is 0 Å². The van der Waals surface area contributed by atoms with Gasteiger partial charge in [0.2, 0.25) is 0 Å². The number of hydrogen-bond acceptors (Lipinski definition) is 2. The van der Waals surface area contributed by atoms with Crippen LogP contribution in [0.5, 0.6) is 0 Å². The molecule has 4 aromatic rings. The summed E-state index contributed by atoms with van der Waals surface area (Å²) in [5.74, 6) is 0.876. The monoisotopic (exact) mass is 570 g/mol. The van der Waals surface area contributed by atoms with Crippen LogP contribution in [-0.2, 0) is 4.79 Å². The molecule has 0 radical (unpaired) electrons. The van der Waals surface area contributed by atoms with E-state index in [0.29, 0.717) is 21.4 Å². The van der Waals surface area contributed by atoms with Crippen molar-refractivity contribution in [1.29, 1.82) is 0 Å². The van der Waals surface area contributed by atoms with Crippen molar-refractivity contribution in [2.45, 2.75) is 27.9 Å². The molecule has 1 unspecified atom stereocenters. The van der Waals surface area contributed by atoms with Gasteiger partial charge in [0.1, 0.15) is 0 Å². The van der Waals surface area contributed by atoms with Gasteiger partial charge in [-0.1, -0.05) is 0 Å². The molecule has 0 N–H and O–H groups in total. The molecule has 170 valence electrons. The topological polar surface area (TPSA) is 17.1 Å². The molecule has 0 amide bonds. The molecule has 1 saturated carbocycles. The number of hydrogen-bond donors (Lipinski definition) is 0. The molecule has 1 aliphatic rings. The number of benzene rings is 4. The van der Waals surface area contributed by atoms with Crippen LogP contribution >= 0.6 is 11.8 Å². The van der Waals surface area contributed by atoms with Crippen molar-refractivity contribution < 1.29 is 4.79 Å². The molecule has 0 saturated heterocycles. The summed E-state index contributed by atoms with van der Waals surface area (Å²) in [4.78, 5) is 14.2. The molecule has 34 heavy (non-hydrogen) atoms. The third kappa shape index (κ3) is 4.38. The molecule has 0 bridgehead atoms. The van der Waals surface area contributed by atoms with Gasteiger partial charge in [-0.15, -0.1) is 0 Å². The molecule has 1 aliphatic carbocycles. The van der Waals surface area contributed by atoms with Crippen LogP contribution in [0.1, 0.15) is 19.8 Å². The van der Waals surface area contributed by atoms with Crippen LogP contribution in [0, 0.1) is 11.8 Å². The second kappa shape index (κ2) is 10.5. The fourth-order valence-electron chi connectivity index (χ4n) is 5.68. The first-order valence-electron chi connectivity index (χ1n) is 12.1. The van der Waals surface area contributed by atoms with Crippen LogP contribution < -0.4 is 10.7 Å². The molecule has 3 atom stereocenters. The van der Waals surface area contributed by atoms with Gasteiger partial charge in [0.05, 0.1) is 0 Å². The Labute approximate surface area is 211 Å². The number of carbonyl (C=O) groups excluding carboxylic acids is 1. The number of thioether (sulfide) groups is 1. The Morgan fingerprint density at radius 1 is 0.676 bits per heavy atom. The van der Waals surface area contributed by atoms with Gasteiger partial charge in [0.15, 0.2) is 0 Å². The van der Waals surface area contributed by atoms with E-state index < -0.39 is 18.4 Å². The van der Waals surface area contributed by atoms with E-state index in [4.69, 9.17) is 0 Å². The zero-order valence-corrected chi connectivity index (χ0v) is 23.2. The fraction of sp³-hybridized carbons (Fsp3) is 0.194. The summed E-state index contributed by atoms with van der Waals surface area (Å²) in [5, 5.41) is 0. The van der Waals surface area contributed by atoms with Crippen LogP contribution in [0.15, 0.2) is 126 Å². The SMILES string of the molecule is C[C@@H]1C(=O)CC[C@@H]1[CH](Sc1ccccc1)[Sn]([c]1ccccc1)([c]1ccccc1)[c]1ccccc1. The maximum absolute atomic E-state index is 12.9. The first-order valence-corrected chi connectivity index (χ1v) is 18.9. The van der Waals surface area contributed by atoms with Gasteiger partial charge < -0.3 is 0 Å². The molecule has 1 fully saturated rings. The summed E-state index contributed by atoms with van der Waals surface area (Å²) < 4.78 is 4.79. The standard InChI is InChI=1S/C13H15OS.3C6H5.Sn/c1-10-11(7-8-13(10)14)9-15-12-5-3-2-4-6-12;3*1-2-4-6-5-3-1;/h2-6,9-11H,7-8H2,1H3;3*1-5H;/t10-,11+;;;;/m0..../s1. The van der Waals surface area contributed by atoms with Crippen molar-refractivity contribution in [2.24, 2.45) is 11.8 Å². The van der Waals surface area contributed by atoms with Crippen molar-refractivity contribution in [2.75, 3.05) is 0 Å². The van der Waals surface area contributed by atoms with Gasteiger partial charge in [-0.05, 0) is 0 Å². The molecule has 1 nitrogen and oxygen atoms in total. The van der Waals surface area contributed by atoms with Crippen LogP contribution in [0.4, 0.5) is 0 Å². The van der Waals surface area contributed by atoms with Crippen molar-refractivity contribution in [1.82, 2.24) is 0 Å². The molecular formula is C31H30OSSn. The van der Waals surface area contributed by atoms with E-state index in [0.717, 1.165) is 6.42 Å². The predicted octanol–water partition coefficient (Wildman–Crippen LogP) is 5.47. The average molecular weight is 569 g/mol. The zero-order valence-electron chi connectivity index (χ0n) is 19.5. The third-order valence-electron chi connectivity index (χ3n) is 7.38. The van der Waals surface area contributed by atoms with Crippen LogP contribution in [0.3, 0.4) is 0 Å². The van der Waals surface area contributed by atoms with Crippen molar-refractivity contribution in [3.05, 3.63) is 121 Å². The Hall–Kier alpha value is -2.30. The predicted molar refractivity (Wildman–Crippen MR) is 147 cm³/mol. The normalized spacial score (nSPS) is 19.1. The first-order chi connectivity index (χ1) is 16.7. The van der Waals surface area contributed by atoms with Gasteiger partial charge >= 0.3 is 213 Å². The Morgan fingerprint density at radius 2 is 1.09 bits per heavy atom. The molecule has 0 aliphatic heterocycles. The van der Waals surface area contributed by atoms with E-state index in [1.807, 2.05) is 11.8 Å². The molecule has 0 spiro atoms. The van der Waals surface area contributed by atoms with Gasteiger partial charge in [0, 0.05) is 0 Å². The molecular weight excluding hydrogens is 539 g/mol. The summed E-state index contributed by atoms with van der Waals surface area (Å²) in [6.07, 6.45) is 1.69. The summed E-state index contributed by atoms with van der Waals surface area (Å²) in [5.41, 5.74) is 0. The van der Waals surface area contributed by atoms with Gasteiger partial charge in [0.25, 0.3) is 0 Å². The first kappa shape index (κ1) is 23.4. The van der Waals surface area contributed by atoms with Crippen LogP contribution in [0.25, 0.3) is 0 Å². The number of carbonyl (C=O) groups is 1. The summed E-state index contributed by atoms with van der Waals surface area (Å²) >= 11 is -1.64. The zero-order chi connectivity index (χ0) is 23.4. The van der Waals surface area contributed by atoms with Crippen molar-refractivity contribution in [3.63, 3.8) is 0 Å². The van der Waals surface area contributed by atoms with E-state index in [-0.39, 0.29) is 5.92 Å². The summed E-state index contributed by atoms with van der Waals surface area (Å²) in [6, 6.07) is 44.5. The van der Waals surface area contributed by atoms with E-state index >= 15 is 0 Å². The minimum absolute atomic E-state index is 0.0911. The second-order valence-corrected chi connectivity index (χ2v) is 23.0. The third-order valence-corrected chi connectivity index (χ3v) is 26.2. The summed E-state index contributed by atoms with van der Waals surface area (Å²) in [6.45, 7) is 2.18. The van der Waals surface area contributed by atoms with E-state index in [9.17, 15) is 4.79 Å². The van der Waals surface area contributed by atoms with Gasteiger partial charge in [-0.2, -0.15) is 0 Å². The van der Waals surface area contributed by atoms with E-state index in [2.05, 4.69) is 128 Å². The van der Waals surface area contributed by atoms with E-state index in [1.165, 1.54) is 15.6 Å².